The topological polar surface area (TPSA) is 51.4 Å². The summed E-state index contributed by atoms with van der Waals surface area (Å²) in [5.74, 6) is 0. The van der Waals surface area contributed by atoms with Gasteiger partial charge in [-0.25, -0.2) is 0 Å². The lowest BCUT2D eigenvalue weighted by Gasteiger charge is -2.37. The molecule has 0 saturated carbocycles. The monoisotopic (exact) mass is 249 g/mol. The lowest BCUT2D eigenvalue weighted by molar-refractivity contribution is -0.0495. The molecule has 0 aliphatic carbocycles. The van der Waals surface area contributed by atoms with E-state index in [1.54, 1.807) is 6.20 Å². The summed E-state index contributed by atoms with van der Waals surface area (Å²) < 4.78 is 5.81. The van der Waals surface area contributed by atoms with Crippen LogP contribution in [-0.2, 0) is 11.2 Å². The summed E-state index contributed by atoms with van der Waals surface area (Å²) in [6.45, 7) is 7.15. The fraction of sp³-hybridized carbons (Fsp3) is 0.643. The third kappa shape index (κ3) is 3.51. The van der Waals surface area contributed by atoms with Crippen LogP contribution in [0.4, 0.5) is 0 Å². The van der Waals surface area contributed by atoms with Crippen LogP contribution >= 0.6 is 0 Å². The maximum Gasteiger partial charge on any atom is 0.0856 e. The Bertz CT molecular complexity index is 355. The van der Waals surface area contributed by atoms with Crippen LogP contribution in [0.3, 0.4) is 0 Å². The smallest absolute Gasteiger partial charge is 0.0856 e. The molecule has 4 nitrogen and oxygen atoms in total. The minimum Gasteiger partial charge on any atom is -0.374 e. The first-order chi connectivity index (χ1) is 8.66. The van der Waals surface area contributed by atoms with Crippen molar-refractivity contribution in [1.29, 1.82) is 0 Å². The molecule has 18 heavy (non-hydrogen) atoms. The highest BCUT2D eigenvalue weighted by Crippen LogP contribution is 2.13. The summed E-state index contributed by atoms with van der Waals surface area (Å²) in [7, 11) is 0. The van der Waals surface area contributed by atoms with E-state index in [9.17, 15) is 0 Å². The average molecular weight is 249 g/mol. The van der Waals surface area contributed by atoms with Gasteiger partial charge in [-0.15, -0.1) is 0 Å². The molecule has 1 aromatic heterocycles. The second-order valence-electron chi connectivity index (χ2n) is 5.23. The molecule has 100 valence electrons. The van der Waals surface area contributed by atoms with Gasteiger partial charge in [0.15, 0.2) is 0 Å². The van der Waals surface area contributed by atoms with Gasteiger partial charge in [0.05, 0.1) is 12.7 Å². The third-order valence-electron chi connectivity index (χ3n) is 3.53. The number of hydrogen-bond donors (Lipinski definition) is 1. The minimum atomic E-state index is 0.0377. The summed E-state index contributed by atoms with van der Waals surface area (Å²) in [4.78, 5) is 6.55. The molecule has 2 heterocycles. The van der Waals surface area contributed by atoms with Crippen molar-refractivity contribution >= 4 is 0 Å². The summed E-state index contributed by atoms with van der Waals surface area (Å²) in [5, 5.41) is 0. The SMILES string of the molecule is CC(C)N1CCOC(C(N)Cc2cccnc2)C1. The molecule has 0 bridgehead atoms. The normalized spacial score (nSPS) is 23.2. The molecule has 2 rings (SSSR count). The minimum absolute atomic E-state index is 0.0377. The van der Waals surface area contributed by atoms with Crippen molar-refractivity contribution in [3.8, 4) is 0 Å². The van der Waals surface area contributed by atoms with Crippen molar-refractivity contribution in [3.63, 3.8) is 0 Å². The molecular weight excluding hydrogens is 226 g/mol. The predicted octanol–water partition coefficient (Wildman–Crippen LogP) is 1.06. The van der Waals surface area contributed by atoms with Gasteiger partial charge in [-0.2, -0.15) is 0 Å². The van der Waals surface area contributed by atoms with Crippen molar-refractivity contribution in [2.45, 2.75) is 38.5 Å². The first kappa shape index (κ1) is 13.5. The number of morpholine rings is 1. The van der Waals surface area contributed by atoms with Gasteiger partial charge < -0.3 is 10.5 Å². The highest BCUT2D eigenvalue weighted by atomic mass is 16.5. The van der Waals surface area contributed by atoms with Crippen molar-refractivity contribution in [2.75, 3.05) is 19.7 Å². The second kappa shape index (κ2) is 6.27. The van der Waals surface area contributed by atoms with E-state index in [4.69, 9.17) is 10.5 Å². The number of rotatable bonds is 4. The number of aromatic nitrogens is 1. The van der Waals surface area contributed by atoms with Gasteiger partial charge in [-0.3, -0.25) is 9.88 Å². The molecule has 1 aliphatic heterocycles. The highest BCUT2D eigenvalue weighted by Gasteiger charge is 2.27. The van der Waals surface area contributed by atoms with Crippen LogP contribution in [-0.4, -0.2) is 47.8 Å². The van der Waals surface area contributed by atoms with Crippen LogP contribution in [0, 0.1) is 0 Å². The zero-order valence-electron chi connectivity index (χ0n) is 11.2. The number of nitrogens with zero attached hydrogens (tertiary/aromatic N) is 2. The Labute approximate surface area is 109 Å². The van der Waals surface area contributed by atoms with E-state index in [0.717, 1.165) is 26.1 Å². The van der Waals surface area contributed by atoms with E-state index in [-0.39, 0.29) is 12.1 Å². The molecule has 0 radical (unpaired) electrons. The maximum absolute atomic E-state index is 6.26. The number of pyridine rings is 1. The number of ether oxygens (including phenoxy) is 1. The van der Waals surface area contributed by atoms with Crippen LogP contribution in [0.15, 0.2) is 24.5 Å². The van der Waals surface area contributed by atoms with E-state index in [1.807, 2.05) is 12.3 Å². The van der Waals surface area contributed by atoms with Gasteiger partial charge in [0.1, 0.15) is 0 Å². The van der Waals surface area contributed by atoms with Gasteiger partial charge in [0.2, 0.25) is 0 Å². The Balaban J connectivity index is 1.90. The van der Waals surface area contributed by atoms with E-state index in [1.165, 1.54) is 5.56 Å². The molecular formula is C14H23N3O. The molecule has 2 N–H and O–H groups in total. The fourth-order valence-electron chi connectivity index (χ4n) is 2.35. The van der Waals surface area contributed by atoms with Crippen LogP contribution in [0.1, 0.15) is 19.4 Å². The predicted molar refractivity (Wildman–Crippen MR) is 72.4 cm³/mol. The molecule has 1 saturated heterocycles. The Kier molecular flexibility index (Phi) is 4.69. The van der Waals surface area contributed by atoms with E-state index in [0.29, 0.717) is 6.04 Å². The summed E-state index contributed by atoms with van der Waals surface area (Å²) in [5.41, 5.74) is 7.44. The van der Waals surface area contributed by atoms with Crippen molar-refractivity contribution in [1.82, 2.24) is 9.88 Å². The summed E-state index contributed by atoms with van der Waals surface area (Å²) in [6, 6.07) is 4.61. The molecule has 0 aromatic carbocycles. The largest absolute Gasteiger partial charge is 0.374 e. The molecule has 2 atom stereocenters. The van der Waals surface area contributed by atoms with E-state index < -0.39 is 0 Å². The quantitative estimate of drug-likeness (QED) is 0.867. The first-order valence-corrected chi connectivity index (χ1v) is 6.67. The molecule has 4 heteroatoms. The zero-order chi connectivity index (χ0) is 13.0. The van der Waals surface area contributed by atoms with Gasteiger partial charge in [-0.05, 0) is 31.9 Å². The highest BCUT2D eigenvalue weighted by molar-refractivity contribution is 5.10. The van der Waals surface area contributed by atoms with Gasteiger partial charge in [0, 0.05) is 37.6 Å². The van der Waals surface area contributed by atoms with Gasteiger partial charge >= 0.3 is 0 Å². The summed E-state index contributed by atoms with van der Waals surface area (Å²) >= 11 is 0. The molecule has 2 unspecified atom stereocenters. The molecule has 1 aromatic rings. The second-order valence-corrected chi connectivity index (χ2v) is 5.23. The summed E-state index contributed by atoms with van der Waals surface area (Å²) in [6.07, 6.45) is 4.61. The van der Waals surface area contributed by atoms with Crippen LogP contribution in [0.2, 0.25) is 0 Å². The average Bonchev–Trinajstić information content (AvgIpc) is 2.40. The van der Waals surface area contributed by atoms with Gasteiger partial charge in [0.25, 0.3) is 0 Å². The third-order valence-corrected chi connectivity index (χ3v) is 3.53. The Hall–Kier alpha value is -0.970. The standard InChI is InChI=1S/C14H23N3O/c1-11(2)17-6-7-18-14(10-17)13(15)8-12-4-3-5-16-9-12/h3-5,9,11,13-14H,6-8,10,15H2,1-2H3. The van der Waals surface area contributed by atoms with Crippen molar-refractivity contribution in [3.05, 3.63) is 30.1 Å². The Morgan fingerprint density at radius 3 is 3.06 bits per heavy atom. The Morgan fingerprint density at radius 1 is 1.56 bits per heavy atom. The zero-order valence-corrected chi connectivity index (χ0v) is 11.2. The van der Waals surface area contributed by atoms with E-state index in [2.05, 4.69) is 29.8 Å². The molecule has 1 aliphatic rings. The molecule has 1 fully saturated rings. The lowest BCUT2D eigenvalue weighted by Crippen LogP contribution is -2.53. The fourth-order valence-corrected chi connectivity index (χ4v) is 2.35. The van der Waals surface area contributed by atoms with Crippen LogP contribution < -0.4 is 5.73 Å². The first-order valence-electron chi connectivity index (χ1n) is 6.67. The van der Waals surface area contributed by atoms with E-state index >= 15 is 0 Å². The Morgan fingerprint density at radius 2 is 2.39 bits per heavy atom. The molecule has 0 amide bonds. The van der Waals surface area contributed by atoms with Crippen LogP contribution in [0.5, 0.6) is 0 Å². The number of hydrogen-bond acceptors (Lipinski definition) is 4. The molecule has 0 spiro atoms. The van der Waals surface area contributed by atoms with Crippen molar-refractivity contribution < 1.29 is 4.74 Å². The van der Waals surface area contributed by atoms with Gasteiger partial charge in [-0.1, -0.05) is 6.07 Å². The van der Waals surface area contributed by atoms with Crippen molar-refractivity contribution in [2.24, 2.45) is 5.73 Å². The van der Waals surface area contributed by atoms with Crippen LogP contribution in [0.25, 0.3) is 0 Å². The lowest BCUT2D eigenvalue weighted by atomic mass is 10.0. The number of nitrogens with two attached hydrogens (primary N) is 1. The maximum atomic E-state index is 6.26.